The fourth-order valence-corrected chi connectivity index (χ4v) is 6.63. The van der Waals surface area contributed by atoms with Gasteiger partial charge in [-0.3, -0.25) is 19.3 Å². The first-order chi connectivity index (χ1) is 17.9. The number of esters is 1. The Balaban J connectivity index is 1.18. The van der Waals surface area contributed by atoms with E-state index in [9.17, 15) is 19.2 Å². The number of carbonyl (C=O) groups excluding carboxylic acids is 4. The minimum absolute atomic E-state index is 0.144. The van der Waals surface area contributed by atoms with E-state index in [4.69, 9.17) is 16.3 Å². The molecule has 6 rings (SSSR count). The highest BCUT2D eigenvalue weighted by Gasteiger charge is 2.64. The third-order valence-electron chi connectivity index (χ3n) is 8.08. The monoisotopic (exact) mass is 513 g/mol. The predicted molar refractivity (Wildman–Crippen MR) is 137 cm³/mol. The minimum atomic E-state index is -0.701. The molecule has 1 aliphatic heterocycles. The predicted octanol–water partition coefficient (Wildman–Crippen LogP) is 5.31. The first-order valence-corrected chi connectivity index (χ1v) is 12.8. The number of halogens is 1. The number of Topliss-reactive ketones (excluding diaryl/α,β-unsaturated/α-hetero) is 1. The molecule has 2 amide bonds. The van der Waals surface area contributed by atoms with Crippen molar-refractivity contribution in [2.24, 2.45) is 23.7 Å². The first kappa shape index (κ1) is 23.6. The van der Waals surface area contributed by atoms with Crippen LogP contribution in [0.25, 0.3) is 0 Å². The molecule has 37 heavy (non-hydrogen) atoms. The van der Waals surface area contributed by atoms with Crippen LogP contribution < -0.4 is 4.90 Å². The Morgan fingerprint density at radius 1 is 0.838 bits per heavy atom. The van der Waals surface area contributed by atoms with Gasteiger partial charge in [-0.25, -0.2) is 4.79 Å². The standard InChI is InChI=1S/C30H24ClNO5/c31-21-11-9-18(10-12-21)25(33)16-37-30(36)19-7-4-8-22(13-19)32-28(34)26-20-14-23(17-5-2-1-3-6-17)24(15-20)27(26)29(32)35/h1-13,20,23-24,26-27H,14-16H2/t20-,23-,24+,26-,27-/m1/s1. The van der Waals surface area contributed by atoms with E-state index in [-0.39, 0.29) is 52.8 Å². The summed E-state index contributed by atoms with van der Waals surface area (Å²) in [4.78, 5) is 53.3. The van der Waals surface area contributed by atoms with Crippen LogP contribution in [0.1, 0.15) is 45.0 Å². The zero-order valence-electron chi connectivity index (χ0n) is 19.9. The molecule has 186 valence electrons. The van der Waals surface area contributed by atoms with Crippen molar-refractivity contribution in [2.45, 2.75) is 18.8 Å². The summed E-state index contributed by atoms with van der Waals surface area (Å²) in [6, 6.07) is 22.8. The highest BCUT2D eigenvalue weighted by molar-refractivity contribution is 6.30. The van der Waals surface area contributed by atoms with Crippen LogP contribution in [0.4, 0.5) is 5.69 Å². The quantitative estimate of drug-likeness (QED) is 0.253. The summed E-state index contributed by atoms with van der Waals surface area (Å²) < 4.78 is 5.22. The van der Waals surface area contributed by atoms with Gasteiger partial charge in [0.2, 0.25) is 11.8 Å². The third kappa shape index (κ3) is 4.05. The molecule has 3 aromatic rings. The van der Waals surface area contributed by atoms with Gasteiger partial charge in [0.25, 0.3) is 0 Å². The van der Waals surface area contributed by atoms with Gasteiger partial charge in [-0.1, -0.05) is 48.0 Å². The van der Waals surface area contributed by atoms with Gasteiger partial charge >= 0.3 is 5.97 Å². The molecule has 7 heteroatoms. The molecule has 3 aliphatic rings. The number of nitrogens with zero attached hydrogens (tertiary/aromatic N) is 1. The molecule has 0 aromatic heterocycles. The van der Waals surface area contributed by atoms with Crippen LogP contribution in [0.15, 0.2) is 78.9 Å². The maximum absolute atomic E-state index is 13.6. The molecule has 2 bridgehead atoms. The van der Waals surface area contributed by atoms with Crippen molar-refractivity contribution in [1.29, 1.82) is 0 Å². The van der Waals surface area contributed by atoms with Gasteiger partial charge in [0, 0.05) is 10.6 Å². The van der Waals surface area contributed by atoms with Gasteiger partial charge in [0.15, 0.2) is 12.4 Å². The number of fused-ring (bicyclic) bond motifs is 5. The minimum Gasteiger partial charge on any atom is -0.454 e. The molecule has 0 N–H and O–H groups in total. The molecule has 2 aliphatic carbocycles. The first-order valence-electron chi connectivity index (χ1n) is 12.4. The number of ether oxygens (including phenoxy) is 1. The number of hydrogen-bond acceptors (Lipinski definition) is 5. The van der Waals surface area contributed by atoms with E-state index in [2.05, 4.69) is 12.1 Å². The molecule has 1 heterocycles. The van der Waals surface area contributed by atoms with E-state index < -0.39 is 12.6 Å². The second-order valence-corrected chi connectivity index (χ2v) is 10.5. The summed E-state index contributed by atoms with van der Waals surface area (Å²) in [7, 11) is 0. The maximum Gasteiger partial charge on any atom is 0.338 e. The van der Waals surface area contributed by atoms with Gasteiger partial charge < -0.3 is 4.74 Å². The second-order valence-electron chi connectivity index (χ2n) is 10.0. The molecule has 0 spiro atoms. The Labute approximate surface area is 219 Å². The van der Waals surface area contributed by atoms with E-state index in [1.807, 2.05) is 18.2 Å². The SMILES string of the molecule is O=C(COC(=O)c1cccc(N2C(=O)[C@@H]3[C@H]4C[C@H]([C@H]3C2=O)[C@@H](c2ccccc2)C4)c1)c1ccc(Cl)cc1. The van der Waals surface area contributed by atoms with Crippen molar-refractivity contribution in [2.75, 3.05) is 11.5 Å². The van der Waals surface area contributed by atoms with E-state index in [0.29, 0.717) is 16.3 Å². The number of anilines is 1. The Morgan fingerprint density at radius 3 is 2.32 bits per heavy atom. The van der Waals surface area contributed by atoms with Crippen molar-refractivity contribution >= 4 is 40.9 Å². The van der Waals surface area contributed by atoms with Crippen molar-refractivity contribution in [3.8, 4) is 0 Å². The lowest BCUT2D eigenvalue weighted by atomic mass is 9.73. The Morgan fingerprint density at radius 2 is 1.57 bits per heavy atom. The summed E-state index contributed by atoms with van der Waals surface area (Å²) in [5.74, 6) is -1.45. The highest BCUT2D eigenvalue weighted by Crippen LogP contribution is 2.61. The Hall–Kier alpha value is -3.77. The van der Waals surface area contributed by atoms with Gasteiger partial charge in [0.1, 0.15) is 0 Å². The van der Waals surface area contributed by atoms with Crippen molar-refractivity contribution in [3.63, 3.8) is 0 Å². The van der Waals surface area contributed by atoms with Crippen LogP contribution in [0.5, 0.6) is 0 Å². The topological polar surface area (TPSA) is 80.8 Å². The fourth-order valence-electron chi connectivity index (χ4n) is 6.50. The van der Waals surface area contributed by atoms with Crippen molar-refractivity contribution in [1.82, 2.24) is 0 Å². The van der Waals surface area contributed by atoms with Gasteiger partial charge in [-0.2, -0.15) is 0 Å². The maximum atomic E-state index is 13.6. The summed E-state index contributed by atoms with van der Waals surface area (Å²) in [5.41, 5.74) is 2.14. The number of ketones is 1. The molecule has 2 saturated carbocycles. The van der Waals surface area contributed by atoms with Crippen molar-refractivity contribution in [3.05, 3.63) is 101 Å². The zero-order valence-corrected chi connectivity index (χ0v) is 20.6. The van der Waals surface area contributed by atoms with Gasteiger partial charge in [-0.15, -0.1) is 0 Å². The number of amides is 2. The summed E-state index contributed by atoms with van der Waals surface area (Å²) in [6.07, 6.45) is 1.81. The van der Waals surface area contributed by atoms with Crippen LogP contribution in [0, 0.1) is 23.7 Å². The number of rotatable bonds is 6. The Bertz CT molecular complexity index is 1400. The third-order valence-corrected chi connectivity index (χ3v) is 8.34. The average Bonchev–Trinajstić information content (AvgIpc) is 3.59. The van der Waals surface area contributed by atoms with Crippen molar-refractivity contribution < 1.29 is 23.9 Å². The molecular formula is C30H24ClNO5. The number of carbonyl (C=O) groups is 4. The zero-order chi connectivity index (χ0) is 25.7. The normalized spacial score (nSPS) is 25.9. The molecule has 3 fully saturated rings. The fraction of sp³-hybridized carbons (Fsp3) is 0.267. The number of benzene rings is 3. The smallest absolute Gasteiger partial charge is 0.338 e. The molecule has 5 atom stereocenters. The number of imide groups is 1. The van der Waals surface area contributed by atoms with Gasteiger partial charge in [0.05, 0.1) is 23.1 Å². The lowest BCUT2D eigenvalue weighted by molar-refractivity contribution is -0.123. The molecule has 0 radical (unpaired) electrons. The summed E-state index contributed by atoms with van der Waals surface area (Å²) in [5, 5.41) is 0.504. The average molecular weight is 514 g/mol. The van der Waals surface area contributed by atoms with E-state index in [0.717, 1.165) is 12.8 Å². The number of hydrogen-bond donors (Lipinski definition) is 0. The summed E-state index contributed by atoms with van der Waals surface area (Å²) >= 11 is 5.85. The summed E-state index contributed by atoms with van der Waals surface area (Å²) in [6.45, 7) is -0.430. The largest absolute Gasteiger partial charge is 0.454 e. The molecule has 0 unspecified atom stereocenters. The Kier molecular flexibility index (Phi) is 5.92. The van der Waals surface area contributed by atoms with Crippen LogP contribution in [0.3, 0.4) is 0 Å². The van der Waals surface area contributed by atoms with E-state index >= 15 is 0 Å². The highest BCUT2D eigenvalue weighted by atomic mass is 35.5. The molecule has 6 nitrogen and oxygen atoms in total. The van der Waals surface area contributed by atoms with Crippen LogP contribution >= 0.6 is 11.6 Å². The molecule has 1 saturated heterocycles. The van der Waals surface area contributed by atoms with Gasteiger partial charge in [-0.05, 0) is 78.6 Å². The lowest BCUT2D eigenvalue weighted by Crippen LogP contribution is -2.33. The van der Waals surface area contributed by atoms with E-state index in [1.54, 1.807) is 42.5 Å². The van der Waals surface area contributed by atoms with Crippen LogP contribution in [-0.4, -0.2) is 30.2 Å². The van der Waals surface area contributed by atoms with Crippen LogP contribution in [-0.2, 0) is 14.3 Å². The van der Waals surface area contributed by atoms with Crippen LogP contribution in [0.2, 0.25) is 5.02 Å². The molecule has 3 aromatic carbocycles. The lowest BCUT2D eigenvalue weighted by Gasteiger charge is -2.28. The second kappa shape index (κ2) is 9.27. The molecular weight excluding hydrogens is 490 g/mol. The van der Waals surface area contributed by atoms with E-state index in [1.165, 1.54) is 16.5 Å².